The highest BCUT2D eigenvalue weighted by atomic mass is 79.9. The van der Waals surface area contributed by atoms with Crippen molar-refractivity contribution >= 4 is 21.9 Å². The Hall–Kier alpha value is -0.870. The third-order valence-electron chi connectivity index (χ3n) is 2.79. The fourth-order valence-corrected chi connectivity index (χ4v) is 1.86. The first-order valence-electron chi connectivity index (χ1n) is 6.20. The van der Waals surface area contributed by atoms with E-state index in [0.29, 0.717) is 13.2 Å². The van der Waals surface area contributed by atoms with Gasteiger partial charge in [-0.05, 0) is 31.5 Å². The largest absolute Gasteiger partial charge is 0.466 e. The van der Waals surface area contributed by atoms with E-state index in [9.17, 15) is 4.79 Å². The molecule has 0 heterocycles. The Bertz CT molecular complexity index is 378. The van der Waals surface area contributed by atoms with Crippen molar-refractivity contribution in [2.24, 2.45) is 5.92 Å². The Morgan fingerprint density at radius 1 is 1.33 bits per heavy atom. The van der Waals surface area contributed by atoms with Crippen LogP contribution in [0.4, 0.5) is 0 Å². The van der Waals surface area contributed by atoms with Gasteiger partial charge in [-0.2, -0.15) is 0 Å². The number of halogens is 1. The normalized spacial score (nSPS) is 14.0. The predicted octanol–water partition coefficient (Wildman–Crippen LogP) is 3.30. The summed E-state index contributed by atoms with van der Waals surface area (Å²) in [5.74, 6) is -0.268. The minimum atomic E-state index is -0.145. The molecule has 0 saturated heterocycles. The Morgan fingerprint density at radius 3 is 2.50 bits per heavy atom. The van der Waals surface area contributed by atoms with E-state index in [0.717, 1.165) is 4.47 Å². The molecule has 0 aliphatic heterocycles. The van der Waals surface area contributed by atoms with Crippen LogP contribution in [0.5, 0.6) is 0 Å². The molecule has 0 aliphatic carbocycles. The minimum Gasteiger partial charge on any atom is -0.466 e. The molecule has 18 heavy (non-hydrogen) atoms. The SMILES string of the molecule is CCOC(=O)C(C)CN[C@H](C)c1ccc(Br)cc1. The van der Waals surface area contributed by atoms with Gasteiger partial charge in [0.15, 0.2) is 0 Å². The summed E-state index contributed by atoms with van der Waals surface area (Å²) in [6.07, 6.45) is 0. The maximum Gasteiger partial charge on any atom is 0.309 e. The molecule has 100 valence electrons. The van der Waals surface area contributed by atoms with Gasteiger partial charge in [0.25, 0.3) is 0 Å². The molecular formula is C14H20BrNO2. The van der Waals surface area contributed by atoms with Crippen molar-refractivity contribution in [3.05, 3.63) is 34.3 Å². The number of hydrogen-bond donors (Lipinski definition) is 1. The van der Waals surface area contributed by atoms with Crippen LogP contribution in [-0.2, 0) is 9.53 Å². The zero-order valence-corrected chi connectivity index (χ0v) is 12.7. The molecule has 0 amide bonds. The van der Waals surface area contributed by atoms with Gasteiger partial charge in [-0.3, -0.25) is 4.79 Å². The number of ether oxygens (including phenoxy) is 1. The first-order chi connectivity index (χ1) is 8.54. The van der Waals surface area contributed by atoms with Crippen molar-refractivity contribution in [2.75, 3.05) is 13.2 Å². The summed E-state index contributed by atoms with van der Waals surface area (Å²) in [5, 5.41) is 3.34. The lowest BCUT2D eigenvalue weighted by atomic mass is 10.1. The lowest BCUT2D eigenvalue weighted by Crippen LogP contribution is -2.29. The van der Waals surface area contributed by atoms with E-state index < -0.39 is 0 Å². The molecule has 0 aromatic heterocycles. The highest BCUT2D eigenvalue weighted by Gasteiger charge is 2.15. The fourth-order valence-electron chi connectivity index (χ4n) is 1.59. The van der Waals surface area contributed by atoms with Gasteiger partial charge < -0.3 is 10.1 Å². The highest BCUT2D eigenvalue weighted by Crippen LogP contribution is 2.16. The van der Waals surface area contributed by atoms with E-state index in [1.807, 2.05) is 26.0 Å². The van der Waals surface area contributed by atoms with Gasteiger partial charge >= 0.3 is 5.97 Å². The van der Waals surface area contributed by atoms with Crippen LogP contribution in [0.15, 0.2) is 28.7 Å². The molecule has 0 fully saturated rings. The van der Waals surface area contributed by atoms with Gasteiger partial charge in [0.1, 0.15) is 0 Å². The third-order valence-corrected chi connectivity index (χ3v) is 3.32. The lowest BCUT2D eigenvalue weighted by Gasteiger charge is -2.17. The second-order valence-corrected chi connectivity index (χ2v) is 5.25. The van der Waals surface area contributed by atoms with E-state index in [4.69, 9.17) is 4.74 Å². The van der Waals surface area contributed by atoms with Crippen LogP contribution in [-0.4, -0.2) is 19.1 Å². The average Bonchev–Trinajstić information content (AvgIpc) is 2.36. The smallest absolute Gasteiger partial charge is 0.309 e. The molecule has 0 spiro atoms. The molecule has 3 nitrogen and oxygen atoms in total. The number of esters is 1. The Labute approximate surface area is 117 Å². The topological polar surface area (TPSA) is 38.3 Å². The van der Waals surface area contributed by atoms with Crippen LogP contribution in [0.2, 0.25) is 0 Å². The number of carbonyl (C=O) groups is 1. The van der Waals surface area contributed by atoms with Gasteiger partial charge in [-0.15, -0.1) is 0 Å². The number of carbonyl (C=O) groups excluding carboxylic acids is 1. The second kappa shape index (κ2) is 7.54. The van der Waals surface area contributed by atoms with Gasteiger partial charge in [0.05, 0.1) is 12.5 Å². The number of hydrogen-bond acceptors (Lipinski definition) is 3. The summed E-state index contributed by atoms with van der Waals surface area (Å²) in [7, 11) is 0. The first-order valence-corrected chi connectivity index (χ1v) is 6.99. The van der Waals surface area contributed by atoms with Crippen LogP contribution in [0, 0.1) is 5.92 Å². The van der Waals surface area contributed by atoms with Crippen LogP contribution < -0.4 is 5.32 Å². The predicted molar refractivity (Wildman–Crippen MR) is 76.4 cm³/mol. The minimum absolute atomic E-state index is 0.122. The standard InChI is InChI=1S/C14H20BrNO2/c1-4-18-14(17)10(2)9-16-11(3)12-5-7-13(15)8-6-12/h5-8,10-11,16H,4,9H2,1-3H3/t10?,11-/m1/s1. The summed E-state index contributed by atoms with van der Waals surface area (Å²) in [6.45, 7) is 6.84. The lowest BCUT2D eigenvalue weighted by molar-refractivity contribution is -0.147. The Morgan fingerprint density at radius 2 is 1.94 bits per heavy atom. The van der Waals surface area contributed by atoms with Crippen LogP contribution in [0.3, 0.4) is 0 Å². The van der Waals surface area contributed by atoms with Gasteiger partial charge in [0.2, 0.25) is 0 Å². The van der Waals surface area contributed by atoms with Crippen LogP contribution in [0.25, 0.3) is 0 Å². The molecule has 2 atom stereocenters. The molecule has 1 unspecified atom stereocenters. The molecule has 0 bridgehead atoms. The Balaban J connectivity index is 2.43. The molecule has 1 N–H and O–H groups in total. The van der Waals surface area contributed by atoms with E-state index in [2.05, 4.69) is 40.3 Å². The molecular weight excluding hydrogens is 294 g/mol. The maximum absolute atomic E-state index is 11.5. The summed E-state index contributed by atoms with van der Waals surface area (Å²) in [6, 6.07) is 8.38. The van der Waals surface area contributed by atoms with Crippen LogP contribution in [0.1, 0.15) is 32.4 Å². The number of rotatable bonds is 6. The van der Waals surface area contributed by atoms with Gasteiger partial charge in [-0.1, -0.05) is 35.0 Å². The summed E-state index contributed by atoms with van der Waals surface area (Å²) < 4.78 is 6.04. The third kappa shape index (κ3) is 4.78. The molecule has 0 saturated carbocycles. The van der Waals surface area contributed by atoms with E-state index in [-0.39, 0.29) is 17.9 Å². The van der Waals surface area contributed by atoms with Crippen molar-refractivity contribution < 1.29 is 9.53 Å². The monoisotopic (exact) mass is 313 g/mol. The summed E-state index contributed by atoms with van der Waals surface area (Å²) >= 11 is 3.41. The van der Waals surface area contributed by atoms with Crippen molar-refractivity contribution in [3.63, 3.8) is 0 Å². The van der Waals surface area contributed by atoms with Crippen molar-refractivity contribution in [1.82, 2.24) is 5.32 Å². The molecule has 4 heteroatoms. The van der Waals surface area contributed by atoms with E-state index in [1.54, 1.807) is 0 Å². The molecule has 1 rings (SSSR count). The molecule has 0 aliphatic rings. The summed E-state index contributed by atoms with van der Waals surface area (Å²) in [4.78, 5) is 11.5. The van der Waals surface area contributed by atoms with Crippen molar-refractivity contribution in [1.29, 1.82) is 0 Å². The number of nitrogens with one attached hydrogen (secondary N) is 1. The van der Waals surface area contributed by atoms with Gasteiger partial charge in [0, 0.05) is 17.1 Å². The second-order valence-electron chi connectivity index (χ2n) is 4.33. The van der Waals surface area contributed by atoms with Gasteiger partial charge in [-0.25, -0.2) is 0 Å². The zero-order chi connectivity index (χ0) is 13.5. The van der Waals surface area contributed by atoms with Crippen molar-refractivity contribution in [3.8, 4) is 0 Å². The summed E-state index contributed by atoms with van der Waals surface area (Å²) in [5.41, 5.74) is 1.20. The molecule has 1 aromatic carbocycles. The average molecular weight is 314 g/mol. The first kappa shape index (κ1) is 15.2. The Kier molecular flexibility index (Phi) is 6.36. The highest BCUT2D eigenvalue weighted by molar-refractivity contribution is 9.10. The van der Waals surface area contributed by atoms with Crippen LogP contribution >= 0.6 is 15.9 Å². The zero-order valence-electron chi connectivity index (χ0n) is 11.1. The number of benzene rings is 1. The van der Waals surface area contributed by atoms with Crippen molar-refractivity contribution in [2.45, 2.75) is 26.8 Å². The fraction of sp³-hybridized carbons (Fsp3) is 0.500. The van der Waals surface area contributed by atoms with E-state index >= 15 is 0 Å². The quantitative estimate of drug-likeness (QED) is 0.819. The maximum atomic E-state index is 11.5. The molecule has 0 radical (unpaired) electrons. The van der Waals surface area contributed by atoms with E-state index in [1.165, 1.54) is 5.56 Å². The molecule has 1 aromatic rings.